The summed E-state index contributed by atoms with van der Waals surface area (Å²) in [6, 6.07) is 11.5. The van der Waals surface area contributed by atoms with E-state index in [-0.39, 0.29) is 24.2 Å². The van der Waals surface area contributed by atoms with Crippen molar-refractivity contribution in [2.45, 2.75) is 6.42 Å². The van der Waals surface area contributed by atoms with Crippen LogP contribution in [0.15, 0.2) is 54.2 Å². The first-order valence-electron chi connectivity index (χ1n) is 9.68. The lowest BCUT2D eigenvalue weighted by molar-refractivity contribution is -0.128. The second-order valence-corrected chi connectivity index (χ2v) is 7.94. The summed E-state index contributed by atoms with van der Waals surface area (Å²) in [5.74, 6) is -0.501. The third-order valence-corrected chi connectivity index (χ3v) is 5.90. The molecule has 3 heterocycles. The van der Waals surface area contributed by atoms with E-state index in [9.17, 15) is 9.59 Å². The first-order chi connectivity index (χ1) is 14.6. The molecule has 0 spiro atoms. The Hall–Kier alpha value is -3.10. The lowest BCUT2D eigenvalue weighted by Crippen LogP contribution is -2.30. The van der Waals surface area contributed by atoms with Crippen molar-refractivity contribution in [3.63, 3.8) is 0 Å². The molecule has 0 bridgehead atoms. The summed E-state index contributed by atoms with van der Waals surface area (Å²) in [7, 11) is 1.60. The van der Waals surface area contributed by atoms with Crippen molar-refractivity contribution in [2.24, 2.45) is 5.92 Å². The van der Waals surface area contributed by atoms with Gasteiger partial charge in [0.15, 0.2) is 0 Å². The molecule has 154 valence electrons. The van der Waals surface area contributed by atoms with Gasteiger partial charge in [-0.25, -0.2) is 4.98 Å². The lowest BCUT2D eigenvalue weighted by atomic mass is 10.1. The Morgan fingerprint density at radius 1 is 1.27 bits per heavy atom. The summed E-state index contributed by atoms with van der Waals surface area (Å²) < 4.78 is 5.03. The Morgan fingerprint density at radius 3 is 2.90 bits per heavy atom. The van der Waals surface area contributed by atoms with Gasteiger partial charge in [-0.3, -0.25) is 14.6 Å². The predicted octanol–water partition coefficient (Wildman–Crippen LogP) is 3.31. The van der Waals surface area contributed by atoms with Crippen molar-refractivity contribution >= 4 is 28.8 Å². The molecule has 0 aliphatic carbocycles. The van der Waals surface area contributed by atoms with Gasteiger partial charge >= 0.3 is 0 Å². The molecule has 1 saturated heterocycles. The second kappa shape index (κ2) is 9.15. The van der Waals surface area contributed by atoms with E-state index < -0.39 is 0 Å². The standard InChI is InChI=1S/C22H22N4O3S/c1-29-10-9-26-13-17(12-20(26)27)21(28)24-18-4-2-3-16(11-18)19-14-30-22(25-19)15-5-7-23-8-6-15/h2-8,11,14,17H,9-10,12-13H2,1H3,(H,24,28). The summed E-state index contributed by atoms with van der Waals surface area (Å²) in [6.07, 6.45) is 3.73. The van der Waals surface area contributed by atoms with Gasteiger partial charge in [-0.15, -0.1) is 11.3 Å². The van der Waals surface area contributed by atoms with E-state index in [4.69, 9.17) is 9.72 Å². The van der Waals surface area contributed by atoms with Gasteiger partial charge in [0.1, 0.15) is 5.01 Å². The first-order valence-corrected chi connectivity index (χ1v) is 10.6. The van der Waals surface area contributed by atoms with Crippen LogP contribution in [0.5, 0.6) is 0 Å². The number of thiazole rings is 1. The van der Waals surface area contributed by atoms with Crippen LogP contribution in [-0.4, -0.2) is 53.5 Å². The highest BCUT2D eigenvalue weighted by molar-refractivity contribution is 7.13. The van der Waals surface area contributed by atoms with Crippen LogP contribution in [0.1, 0.15) is 6.42 Å². The number of likely N-dealkylation sites (tertiary alicyclic amines) is 1. The third-order valence-electron chi connectivity index (χ3n) is 5.01. The number of hydrogen-bond donors (Lipinski definition) is 1. The van der Waals surface area contributed by atoms with Crippen LogP contribution in [0.4, 0.5) is 5.69 Å². The molecule has 0 saturated carbocycles. The van der Waals surface area contributed by atoms with Crippen LogP contribution in [0.25, 0.3) is 21.8 Å². The lowest BCUT2D eigenvalue weighted by Gasteiger charge is -2.16. The van der Waals surface area contributed by atoms with E-state index in [1.165, 1.54) is 0 Å². The van der Waals surface area contributed by atoms with E-state index in [1.54, 1.807) is 35.7 Å². The topological polar surface area (TPSA) is 84.4 Å². The number of carbonyl (C=O) groups is 2. The molecule has 1 fully saturated rings. The molecule has 1 atom stereocenters. The summed E-state index contributed by atoms with van der Waals surface area (Å²) >= 11 is 1.57. The molecule has 1 aliphatic heterocycles. The molecular formula is C22H22N4O3S. The molecule has 4 rings (SSSR count). The zero-order valence-electron chi connectivity index (χ0n) is 16.6. The number of carbonyl (C=O) groups excluding carboxylic acids is 2. The summed E-state index contributed by atoms with van der Waals surface area (Å²) in [6.45, 7) is 1.41. The minimum absolute atomic E-state index is 0.00735. The number of methoxy groups -OCH3 is 1. The van der Waals surface area contributed by atoms with Gasteiger partial charge in [-0.1, -0.05) is 12.1 Å². The molecule has 1 aliphatic rings. The van der Waals surface area contributed by atoms with Crippen molar-refractivity contribution in [3.8, 4) is 21.8 Å². The smallest absolute Gasteiger partial charge is 0.229 e. The van der Waals surface area contributed by atoms with Crippen molar-refractivity contribution in [1.29, 1.82) is 0 Å². The number of hydrogen-bond acceptors (Lipinski definition) is 6. The molecule has 2 amide bonds. The average molecular weight is 423 g/mol. The normalized spacial score (nSPS) is 16.1. The van der Waals surface area contributed by atoms with Crippen LogP contribution in [0.2, 0.25) is 0 Å². The Labute approximate surface area is 178 Å². The largest absolute Gasteiger partial charge is 0.383 e. The van der Waals surface area contributed by atoms with E-state index in [2.05, 4.69) is 10.3 Å². The van der Waals surface area contributed by atoms with Gasteiger partial charge in [0.2, 0.25) is 11.8 Å². The Morgan fingerprint density at radius 2 is 2.10 bits per heavy atom. The maximum atomic E-state index is 12.7. The molecule has 8 heteroatoms. The van der Waals surface area contributed by atoms with Crippen molar-refractivity contribution in [1.82, 2.24) is 14.9 Å². The number of nitrogens with zero attached hydrogens (tertiary/aromatic N) is 3. The van der Waals surface area contributed by atoms with Crippen molar-refractivity contribution < 1.29 is 14.3 Å². The second-order valence-electron chi connectivity index (χ2n) is 7.08. The predicted molar refractivity (Wildman–Crippen MR) is 116 cm³/mol. The monoisotopic (exact) mass is 422 g/mol. The quantitative estimate of drug-likeness (QED) is 0.632. The molecule has 1 aromatic carbocycles. The van der Waals surface area contributed by atoms with E-state index >= 15 is 0 Å². The number of nitrogens with one attached hydrogen (secondary N) is 1. The maximum Gasteiger partial charge on any atom is 0.229 e. The minimum Gasteiger partial charge on any atom is -0.383 e. The summed E-state index contributed by atoms with van der Waals surface area (Å²) in [5, 5.41) is 5.87. The molecule has 1 N–H and O–H groups in total. The van der Waals surface area contributed by atoms with Gasteiger partial charge in [0.05, 0.1) is 18.2 Å². The van der Waals surface area contributed by atoms with Crippen LogP contribution >= 0.6 is 11.3 Å². The Bertz CT molecular complexity index is 1040. The fraction of sp³-hybridized carbons (Fsp3) is 0.273. The van der Waals surface area contributed by atoms with Gasteiger partial charge in [0, 0.05) is 61.2 Å². The Balaban J connectivity index is 1.44. The number of aromatic nitrogens is 2. The SMILES string of the molecule is COCCN1CC(C(=O)Nc2cccc(-c3csc(-c4ccncc4)n3)c2)CC1=O. The fourth-order valence-electron chi connectivity index (χ4n) is 3.40. The van der Waals surface area contributed by atoms with E-state index in [1.807, 2.05) is 41.8 Å². The van der Waals surface area contributed by atoms with Gasteiger partial charge in [0.25, 0.3) is 0 Å². The molecule has 7 nitrogen and oxygen atoms in total. The number of pyridine rings is 1. The highest BCUT2D eigenvalue weighted by Crippen LogP contribution is 2.30. The zero-order chi connectivity index (χ0) is 20.9. The molecule has 0 radical (unpaired) electrons. The first kappa shape index (κ1) is 20.2. The number of anilines is 1. The van der Waals surface area contributed by atoms with Crippen LogP contribution in [-0.2, 0) is 14.3 Å². The Kier molecular flexibility index (Phi) is 6.15. The highest BCUT2D eigenvalue weighted by atomic mass is 32.1. The molecule has 3 aromatic rings. The van der Waals surface area contributed by atoms with Gasteiger partial charge < -0.3 is 15.0 Å². The van der Waals surface area contributed by atoms with Crippen molar-refractivity contribution in [3.05, 3.63) is 54.2 Å². The minimum atomic E-state index is -0.351. The van der Waals surface area contributed by atoms with Gasteiger partial charge in [-0.2, -0.15) is 0 Å². The maximum absolute atomic E-state index is 12.7. The summed E-state index contributed by atoms with van der Waals surface area (Å²) in [4.78, 5) is 35.2. The van der Waals surface area contributed by atoms with Crippen molar-refractivity contribution in [2.75, 3.05) is 32.1 Å². The zero-order valence-corrected chi connectivity index (χ0v) is 17.4. The number of amides is 2. The molecule has 1 unspecified atom stereocenters. The van der Waals surface area contributed by atoms with Crippen LogP contribution in [0, 0.1) is 5.92 Å². The number of rotatable bonds is 7. The highest BCUT2D eigenvalue weighted by Gasteiger charge is 2.34. The summed E-state index contributed by atoms with van der Waals surface area (Å²) in [5.41, 5.74) is 3.49. The fourth-order valence-corrected chi connectivity index (χ4v) is 4.23. The van der Waals surface area contributed by atoms with Crippen LogP contribution in [0.3, 0.4) is 0 Å². The van der Waals surface area contributed by atoms with Gasteiger partial charge in [-0.05, 0) is 24.3 Å². The number of ether oxygens (including phenoxy) is 1. The molecular weight excluding hydrogens is 400 g/mol. The molecule has 30 heavy (non-hydrogen) atoms. The molecule has 2 aromatic heterocycles. The van der Waals surface area contributed by atoms with E-state index in [0.717, 1.165) is 21.8 Å². The third kappa shape index (κ3) is 4.55. The number of benzene rings is 1. The van der Waals surface area contributed by atoms with Crippen LogP contribution < -0.4 is 5.32 Å². The average Bonchev–Trinajstić information content (AvgIpc) is 3.40. The van der Waals surface area contributed by atoms with E-state index in [0.29, 0.717) is 25.4 Å².